The summed E-state index contributed by atoms with van der Waals surface area (Å²) >= 11 is 0. The average Bonchev–Trinajstić information content (AvgIpc) is 2.88. The molecule has 86 valence electrons. The van der Waals surface area contributed by atoms with Crippen LogP contribution in [0.1, 0.15) is 59.3 Å². The molecule has 1 saturated heterocycles. The van der Waals surface area contributed by atoms with Crippen LogP contribution in [0.3, 0.4) is 0 Å². The van der Waals surface area contributed by atoms with Crippen molar-refractivity contribution in [2.45, 2.75) is 70.9 Å². The van der Waals surface area contributed by atoms with Gasteiger partial charge in [0.15, 0.2) is 0 Å². The first-order valence-corrected chi connectivity index (χ1v) is 6.75. The minimum atomic E-state index is 0.527. The quantitative estimate of drug-likeness (QED) is 0.631. The van der Waals surface area contributed by atoms with Crippen molar-refractivity contribution in [3.63, 3.8) is 0 Å². The van der Waals surface area contributed by atoms with E-state index >= 15 is 0 Å². The van der Waals surface area contributed by atoms with Gasteiger partial charge < -0.3 is 5.32 Å². The van der Waals surface area contributed by atoms with Gasteiger partial charge in [0.25, 0.3) is 0 Å². The fourth-order valence-electron chi connectivity index (χ4n) is 3.14. The predicted molar refractivity (Wildman–Crippen MR) is 65.7 cm³/mol. The van der Waals surface area contributed by atoms with Crippen molar-refractivity contribution in [3.05, 3.63) is 6.42 Å². The lowest BCUT2D eigenvalue weighted by Crippen LogP contribution is -2.56. The van der Waals surface area contributed by atoms with Crippen molar-refractivity contribution in [2.24, 2.45) is 11.8 Å². The van der Waals surface area contributed by atoms with Gasteiger partial charge in [-0.25, -0.2) is 0 Å². The first-order chi connectivity index (χ1) is 7.15. The molecule has 0 spiro atoms. The molecule has 1 nitrogen and oxygen atoms in total. The zero-order valence-electron chi connectivity index (χ0n) is 10.6. The summed E-state index contributed by atoms with van der Waals surface area (Å²) in [6.07, 6.45) is 10.6. The Morgan fingerprint density at radius 2 is 2.33 bits per heavy atom. The summed E-state index contributed by atoms with van der Waals surface area (Å²) in [5, 5.41) is 3.70. The summed E-state index contributed by atoms with van der Waals surface area (Å²) in [4.78, 5) is 0. The van der Waals surface area contributed by atoms with E-state index < -0.39 is 0 Å². The van der Waals surface area contributed by atoms with E-state index in [2.05, 4.69) is 32.5 Å². The molecule has 0 radical (unpaired) electrons. The van der Waals surface area contributed by atoms with Crippen LogP contribution in [0.25, 0.3) is 0 Å². The molecule has 1 heteroatoms. The van der Waals surface area contributed by atoms with Gasteiger partial charge in [-0.15, -0.1) is 0 Å². The lowest BCUT2D eigenvalue weighted by atomic mass is 9.83. The molecule has 0 amide bonds. The van der Waals surface area contributed by atoms with Crippen LogP contribution in [-0.4, -0.2) is 11.6 Å². The minimum Gasteiger partial charge on any atom is -0.308 e. The Hall–Kier alpha value is -0.170. The Morgan fingerprint density at radius 1 is 1.53 bits per heavy atom. The van der Waals surface area contributed by atoms with Gasteiger partial charge in [0.05, 0.1) is 19.3 Å². The first-order valence-electron chi connectivity index (χ1n) is 6.75. The summed E-state index contributed by atoms with van der Waals surface area (Å²) in [6, 6.07) is 0.917. The highest BCUT2D eigenvalue weighted by molar-refractivity contribution is 5.18. The fraction of sp³-hybridized carbons (Fsp3) is 0.929. The summed E-state index contributed by atoms with van der Waals surface area (Å²) < 4.78 is 0. The van der Waals surface area contributed by atoms with Crippen LogP contribution in [0.5, 0.6) is 0 Å². The maximum absolute atomic E-state index is 3.70. The van der Waals surface area contributed by atoms with Gasteiger partial charge in [-0.1, -0.05) is 13.3 Å². The Kier molecular flexibility index (Phi) is 3.30. The molecule has 1 N–H and O–H groups in total. The Labute approximate surface area is 95.0 Å². The molecular formula is C14H26N+. The standard InChI is InChI=1S/C14H26N/c1-4-5-7-11(2)8-6-9-14(3)12-10-13(12)15-14/h5,11-13,15H,4,6-10H2,1-3H3/q+1. The van der Waals surface area contributed by atoms with E-state index in [9.17, 15) is 0 Å². The lowest BCUT2D eigenvalue weighted by molar-refractivity contribution is 0.191. The van der Waals surface area contributed by atoms with Crippen LogP contribution < -0.4 is 5.32 Å². The molecule has 1 saturated carbocycles. The maximum atomic E-state index is 3.70. The zero-order valence-corrected chi connectivity index (χ0v) is 10.6. The van der Waals surface area contributed by atoms with Gasteiger partial charge >= 0.3 is 0 Å². The second kappa shape index (κ2) is 4.37. The minimum absolute atomic E-state index is 0.527. The molecule has 2 rings (SSSR count). The average molecular weight is 208 g/mol. The molecular weight excluding hydrogens is 182 g/mol. The maximum Gasteiger partial charge on any atom is 0.0900 e. The topological polar surface area (TPSA) is 12.0 Å². The highest BCUT2D eigenvalue weighted by Crippen LogP contribution is 2.52. The molecule has 2 aliphatic rings. The third kappa shape index (κ3) is 2.50. The van der Waals surface area contributed by atoms with E-state index in [1.165, 1.54) is 38.5 Å². The van der Waals surface area contributed by atoms with Gasteiger partial charge in [0.1, 0.15) is 0 Å². The highest BCUT2D eigenvalue weighted by Gasteiger charge is 2.60. The molecule has 0 aromatic carbocycles. The summed E-state index contributed by atoms with van der Waals surface area (Å²) in [6.45, 7) is 7.05. The van der Waals surface area contributed by atoms with Crippen LogP contribution >= 0.6 is 0 Å². The third-order valence-electron chi connectivity index (χ3n) is 4.37. The van der Waals surface area contributed by atoms with E-state index in [-0.39, 0.29) is 0 Å². The normalized spacial score (nSPS) is 39.1. The van der Waals surface area contributed by atoms with Crippen molar-refractivity contribution in [1.82, 2.24) is 5.32 Å². The number of hydrogen-bond donors (Lipinski definition) is 1. The highest BCUT2D eigenvalue weighted by atomic mass is 15.2. The predicted octanol–water partition coefficient (Wildman–Crippen LogP) is 3.55. The van der Waals surface area contributed by atoms with Crippen molar-refractivity contribution < 1.29 is 0 Å². The Bertz CT molecular complexity index is 213. The number of rotatable bonds is 7. The van der Waals surface area contributed by atoms with Crippen molar-refractivity contribution in [3.8, 4) is 0 Å². The Balaban J connectivity index is 1.54. The molecule has 4 atom stereocenters. The van der Waals surface area contributed by atoms with Crippen LogP contribution in [-0.2, 0) is 0 Å². The van der Waals surface area contributed by atoms with Crippen LogP contribution in [0.4, 0.5) is 0 Å². The first kappa shape index (κ1) is 11.3. The van der Waals surface area contributed by atoms with E-state index in [1.807, 2.05) is 0 Å². The molecule has 0 aromatic rings. The second-order valence-electron chi connectivity index (χ2n) is 5.94. The van der Waals surface area contributed by atoms with E-state index in [0.29, 0.717) is 5.54 Å². The smallest absolute Gasteiger partial charge is 0.0900 e. The van der Waals surface area contributed by atoms with Gasteiger partial charge in [-0.05, 0) is 44.9 Å². The fourth-order valence-corrected chi connectivity index (χ4v) is 3.14. The zero-order chi connectivity index (χ0) is 10.9. The molecule has 1 aliphatic carbocycles. The number of nitrogens with one attached hydrogen (secondary N) is 1. The largest absolute Gasteiger partial charge is 0.308 e. The molecule has 15 heavy (non-hydrogen) atoms. The van der Waals surface area contributed by atoms with Crippen LogP contribution in [0.15, 0.2) is 0 Å². The summed E-state index contributed by atoms with van der Waals surface area (Å²) in [5.41, 5.74) is 0.527. The molecule has 0 bridgehead atoms. The lowest BCUT2D eigenvalue weighted by Gasteiger charge is -2.40. The van der Waals surface area contributed by atoms with Crippen LogP contribution in [0.2, 0.25) is 0 Å². The van der Waals surface area contributed by atoms with Gasteiger partial charge in [0.2, 0.25) is 0 Å². The van der Waals surface area contributed by atoms with E-state index in [4.69, 9.17) is 0 Å². The van der Waals surface area contributed by atoms with Crippen molar-refractivity contribution in [1.29, 1.82) is 0 Å². The van der Waals surface area contributed by atoms with E-state index in [1.54, 1.807) is 0 Å². The molecule has 2 fully saturated rings. The molecule has 1 aliphatic heterocycles. The molecule has 4 unspecified atom stereocenters. The number of unbranched alkanes of at least 4 members (excludes halogenated alkanes) is 1. The monoisotopic (exact) mass is 208 g/mol. The molecule has 0 aromatic heterocycles. The van der Waals surface area contributed by atoms with Crippen LogP contribution in [0, 0.1) is 18.3 Å². The second-order valence-corrected chi connectivity index (χ2v) is 5.94. The summed E-state index contributed by atoms with van der Waals surface area (Å²) in [5.74, 6) is 1.93. The third-order valence-corrected chi connectivity index (χ3v) is 4.37. The van der Waals surface area contributed by atoms with Crippen molar-refractivity contribution >= 4 is 0 Å². The summed E-state index contributed by atoms with van der Waals surface area (Å²) in [7, 11) is 0. The van der Waals surface area contributed by atoms with Gasteiger partial charge in [0, 0.05) is 11.6 Å². The number of hydrogen-bond acceptors (Lipinski definition) is 1. The SMILES string of the molecule is CC[CH+]CC(C)CCCC1(C)NC2CC21. The Morgan fingerprint density at radius 3 is 2.87 bits per heavy atom. The van der Waals surface area contributed by atoms with Gasteiger partial charge in [-0.2, -0.15) is 0 Å². The van der Waals surface area contributed by atoms with Gasteiger partial charge in [-0.3, -0.25) is 0 Å². The number of fused-ring (bicyclic) bond motifs is 1. The molecule has 1 heterocycles. The van der Waals surface area contributed by atoms with Crippen molar-refractivity contribution in [2.75, 3.05) is 0 Å². The van der Waals surface area contributed by atoms with E-state index in [0.717, 1.165) is 17.9 Å².